The number of hydrogen-bond acceptors (Lipinski definition) is 11. The Bertz CT molecular complexity index is 1450. The molecule has 4 aliphatic carbocycles. The molecule has 4 saturated carbocycles. The van der Waals surface area contributed by atoms with Gasteiger partial charge in [0.2, 0.25) is 0 Å². The Balaban J connectivity index is 1.12. The van der Waals surface area contributed by atoms with Crippen LogP contribution >= 0.6 is 0 Å². The Kier molecular flexibility index (Phi) is 9.19. The average Bonchev–Trinajstić information content (AvgIpc) is 3.62. The van der Waals surface area contributed by atoms with Crippen LogP contribution in [0.1, 0.15) is 83.3 Å². The standard InChI is InChI=1S/C38H52O11/c1-20-5-7-22(8-6-20)18-46-35(43)49-29-17-28-27(38(44)14-12-26(37(29,38)4)23-15-30(39)45-19-23)10-9-24-16-25(11-13-36(24,28)3)48-34-33(42)32(41)31(40)21(2)47-34/h5-8,15,21,24-29,31-34,40-42,44H,9-14,16-19H2,1-4H3/t21-,24+,25-,26+,27+,28-,29+,31-,32+,33+,34-,36-,37-,38-/m0/s1. The van der Waals surface area contributed by atoms with Crippen molar-refractivity contribution in [3.63, 3.8) is 0 Å². The van der Waals surface area contributed by atoms with Crippen LogP contribution in [0.4, 0.5) is 4.79 Å². The quantitative estimate of drug-likeness (QED) is 0.252. The van der Waals surface area contributed by atoms with Crippen LogP contribution in [0.15, 0.2) is 35.9 Å². The predicted molar refractivity (Wildman–Crippen MR) is 175 cm³/mol. The smallest absolute Gasteiger partial charge is 0.458 e. The minimum absolute atomic E-state index is 0.0238. The molecule has 1 aromatic rings. The third-order valence-electron chi connectivity index (χ3n) is 13.8. The van der Waals surface area contributed by atoms with Crippen molar-refractivity contribution in [1.29, 1.82) is 0 Å². The molecule has 4 N–H and O–H groups in total. The number of hydrogen-bond donors (Lipinski definition) is 4. The van der Waals surface area contributed by atoms with E-state index in [1.807, 2.05) is 38.1 Å². The molecule has 0 aromatic heterocycles. The molecule has 11 nitrogen and oxygen atoms in total. The molecular formula is C38H52O11. The third kappa shape index (κ3) is 5.82. The second kappa shape index (κ2) is 12.9. The Hall–Kier alpha value is -2.54. The number of cyclic esters (lactones) is 1. The molecule has 0 unspecified atom stereocenters. The van der Waals surface area contributed by atoms with Gasteiger partial charge in [0.15, 0.2) is 6.29 Å². The number of rotatable bonds is 6. The van der Waals surface area contributed by atoms with Gasteiger partial charge in [-0.2, -0.15) is 0 Å². The summed E-state index contributed by atoms with van der Waals surface area (Å²) < 4.78 is 29.3. The number of ether oxygens (including phenoxy) is 5. The lowest BCUT2D eigenvalue weighted by Crippen LogP contribution is -2.67. The van der Waals surface area contributed by atoms with Crippen LogP contribution in [-0.4, -0.2) is 87.7 Å². The monoisotopic (exact) mass is 684 g/mol. The van der Waals surface area contributed by atoms with E-state index in [4.69, 9.17) is 23.7 Å². The van der Waals surface area contributed by atoms with Gasteiger partial charge in [-0.25, -0.2) is 9.59 Å². The molecule has 49 heavy (non-hydrogen) atoms. The second-order valence-corrected chi connectivity index (χ2v) is 16.2. The zero-order valence-electron chi connectivity index (χ0n) is 29.0. The van der Waals surface area contributed by atoms with Gasteiger partial charge in [-0.15, -0.1) is 0 Å². The number of benzene rings is 1. The first kappa shape index (κ1) is 34.9. The molecule has 0 radical (unpaired) electrons. The molecule has 0 amide bonds. The van der Waals surface area contributed by atoms with Crippen molar-refractivity contribution in [1.82, 2.24) is 0 Å². The van der Waals surface area contributed by atoms with E-state index >= 15 is 0 Å². The summed E-state index contributed by atoms with van der Waals surface area (Å²) in [5.74, 6) is -0.278. The summed E-state index contributed by atoms with van der Waals surface area (Å²) >= 11 is 0. The summed E-state index contributed by atoms with van der Waals surface area (Å²) in [6.45, 7) is 8.24. The summed E-state index contributed by atoms with van der Waals surface area (Å²) in [5.41, 5.74) is 0.652. The average molecular weight is 685 g/mol. The molecule has 0 spiro atoms. The molecule has 2 heterocycles. The number of carbonyl (C=O) groups excluding carboxylic acids is 2. The molecule has 5 fully saturated rings. The first-order valence-electron chi connectivity index (χ1n) is 18.1. The highest BCUT2D eigenvalue weighted by atomic mass is 16.7. The first-order chi connectivity index (χ1) is 23.2. The van der Waals surface area contributed by atoms with E-state index in [9.17, 15) is 30.0 Å². The van der Waals surface area contributed by atoms with Crippen LogP contribution < -0.4 is 0 Å². The Morgan fingerprint density at radius 3 is 2.43 bits per heavy atom. The largest absolute Gasteiger partial charge is 0.508 e. The highest BCUT2D eigenvalue weighted by Crippen LogP contribution is 2.70. The predicted octanol–water partition coefficient (Wildman–Crippen LogP) is 4.10. The third-order valence-corrected chi connectivity index (χ3v) is 13.8. The van der Waals surface area contributed by atoms with Crippen molar-refractivity contribution in [3.05, 3.63) is 47.0 Å². The van der Waals surface area contributed by atoms with Crippen LogP contribution in [0.5, 0.6) is 0 Å². The first-order valence-corrected chi connectivity index (χ1v) is 18.1. The number of carbonyl (C=O) groups is 2. The molecule has 1 aromatic carbocycles. The molecule has 2 aliphatic heterocycles. The van der Waals surface area contributed by atoms with Crippen LogP contribution in [0, 0.1) is 41.4 Å². The van der Waals surface area contributed by atoms with Gasteiger partial charge >= 0.3 is 12.1 Å². The Morgan fingerprint density at radius 2 is 1.71 bits per heavy atom. The lowest BCUT2D eigenvalue weighted by atomic mass is 9.42. The number of fused-ring (bicyclic) bond motifs is 5. The van der Waals surface area contributed by atoms with E-state index in [1.165, 1.54) is 0 Å². The SMILES string of the molecule is Cc1ccc(COC(=O)O[C@@H]2C[C@H]3[C@@H](CC[C@@H]4C[C@@H](O[C@@H]5O[C@@H](C)[C@H](O)[C@@H](O)[C@H]5O)CC[C@@]43C)[C@@]3(O)CC[C@H](C4=CC(=O)OC4)[C@@]23C)cc1. The fourth-order valence-corrected chi connectivity index (χ4v) is 10.9. The van der Waals surface area contributed by atoms with E-state index in [-0.39, 0.29) is 54.4 Å². The second-order valence-electron chi connectivity index (χ2n) is 16.2. The molecule has 270 valence electrons. The highest BCUT2D eigenvalue weighted by molar-refractivity contribution is 5.85. The van der Waals surface area contributed by atoms with Crippen molar-refractivity contribution in [2.45, 2.75) is 134 Å². The maximum Gasteiger partial charge on any atom is 0.508 e. The highest BCUT2D eigenvalue weighted by Gasteiger charge is 2.72. The van der Waals surface area contributed by atoms with Gasteiger partial charge in [0.1, 0.15) is 37.6 Å². The fraction of sp³-hybridized carbons (Fsp3) is 0.737. The van der Waals surface area contributed by atoms with Crippen LogP contribution in [0.25, 0.3) is 0 Å². The van der Waals surface area contributed by atoms with E-state index in [0.717, 1.165) is 42.4 Å². The Labute approximate surface area is 287 Å². The fourth-order valence-electron chi connectivity index (χ4n) is 10.9. The Morgan fingerprint density at radius 1 is 0.959 bits per heavy atom. The summed E-state index contributed by atoms with van der Waals surface area (Å²) in [4.78, 5) is 25.6. The van der Waals surface area contributed by atoms with Gasteiger partial charge in [0.05, 0.1) is 17.8 Å². The van der Waals surface area contributed by atoms with Crippen molar-refractivity contribution < 1.29 is 53.7 Å². The number of aliphatic hydroxyl groups is 4. The van der Waals surface area contributed by atoms with Gasteiger partial charge in [-0.3, -0.25) is 0 Å². The zero-order chi connectivity index (χ0) is 34.9. The maximum atomic E-state index is 13.4. The lowest BCUT2D eigenvalue weighted by molar-refractivity contribution is -0.311. The van der Waals surface area contributed by atoms with Crippen molar-refractivity contribution in [3.8, 4) is 0 Å². The number of aryl methyl sites for hydroxylation is 1. The van der Waals surface area contributed by atoms with E-state index < -0.39 is 54.0 Å². The topological polar surface area (TPSA) is 161 Å². The lowest BCUT2D eigenvalue weighted by Gasteiger charge is -2.65. The molecule has 0 bridgehead atoms. The summed E-state index contributed by atoms with van der Waals surface area (Å²) in [5, 5.41) is 44.0. The molecule has 1 saturated heterocycles. The van der Waals surface area contributed by atoms with E-state index in [1.54, 1.807) is 13.0 Å². The van der Waals surface area contributed by atoms with E-state index in [0.29, 0.717) is 25.7 Å². The van der Waals surface area contributed by atoms with Crippen LogP contribution in [-0.2, 0) is 35.1 Å². The number of esters is 1. The van der Waals surface area contributed by atoms with Gasteiger partial charge in [-0.1, -0.05) is 43.7 Å². The van der Waals surface area contributed by atoms with Gasteiger partial charge in [-0.05, 0) is 105 Å². The van der Waals surface area contributed by atoms with Gasteiger partial charge in [0, 0.05) is 11.5 Å². The minimum atomic E-state index is -1.35. The summed E-state index contributed by atoms with van der Waals surface area (Å²) in [6, 6.07) is 7.76. The molecular weight excluding hydrogens is 632 g/mol. The van der Waals surface area contributed by atoms with E-state index in [2.05, 4.69) is 6.92 Å². The van der Waals surface area contributed by atoms with Crippen molar-refractivity contribution in [2.24, 2.45) is 34.5 Å². The van der Waals surface area contributed by atoms with Gasteiger partial charge in [0.25, 0.3) is 0 Å². The van der Waals surface area contributed by atoms with Crippen molar-refractivity contribution in [2.75, 3.05) is 6.61 Å². The maximum absolute atomic E-state index is 13.4. The van der Waals surface area contributed by atoms with Gasteiger partial charge < -0.3 is 44.1 Å². The molecule has 11 heteroatoms. The minimum Gasteiger partial charge on any atom is -0.458 e. The van der Waals surface area contributed by atoms with Crippen LogP contribution in [0.3, 0.4) is 0 Å². The molecule has 14 atom stereocenters. The summed E-state index contributed by atoms with van der Waals surface area (Å²) in [7, 11) is 0. The van der Waals surface area contributed by atoms with Crippen LogP contribution in [0.2, 0.25) is 0 Å². The van der Waals surface area contributed by atoms with Crippen molar-refractivity contribution >= 4 is 12.1 Å². The number of aliphatic hydroxyl groups excluding tert-OH is 3. The zero-order valence-corrected chi connectivity index (χ0v) is 29.0. The summed E-state index contributed by atoms with van der Waals surface area (Å²) in [6.07, 6.45) is 0.0152. The molecule has 6 aliphatic rings. The molecule has 7 rings (SSSR count). The normalized spacial score (nSPS) is 46.2.